The first-order chi connectivity index (χ1) is 20.8. The molecule has 0 bridgehead atoms. The summed E-state index contributed by atoms with van der Waals surface area (Å²) in [5.41, 5.74) is 7.08. The molecule has 0 aliphatic rings. The highest BCUT2D eigenvalue weighted by Gasteiger charge is 2.20. The number of anilines is 3. The van der Waals surface area contributed by atoms with Gasteiger partial charge in [-0.15, -0.1) is 0 Å². The van der Waals surface area contributed by atoms with Crippen molar-refractivity contribution in [3.8, 4) is 45.9 Å². The molecule has 0 unspecified atom stereocenters. The second-order valence-electron chi connectivity index (χ2n) is 9.57. The lowest BCUT2D eigenvalue weighted by Crippen LogP contribution is -2.11. The predicted octanol–water partition coefficient (Wildman–Crippen LogP) is 10.0. The molecule has 6 aromatic carbocycles. The van der Waals surface area contributed by atoms with Crippen LogP contribution in [0.5, 0.6) is 11.5 Å². The van der Waals surface area contributed by atoms with Crippen molar-refractivity contribution in [1.29, 1.82) is 10.5 Å². The highest BCUT2D eigenvalue weighted by molar-refractivity contribution is 5.90. The van der Waals surface area contributed by atoms with Crippen LogP contribution < -0.4 is 9.64 Å². The molecule has 0 atom stereocenters. The standard InChI is InChI=1S/C38H25N3O/c39-26-28-14-13-22-31(35(28)27-40)33-20-8-11-24-37(33)42-38-25-12-9-21-34(38)32-19-7-10-23-36(32)41(29-15-3-1-4-16-29)30-17-5-2-6-18-30/h1-25H. The van der Waals surface area contributed by atoms with Gasteiger partial charge < -0.3 is 9.64 Å². The zero-order valence-electron chi connectivity index (χ0n) is 22.7. The van der Waals surface area contributed by atoms with E-state index < -0.39 is 0 Å². The fourth-order valence-electron chi connectivity index (χ4n) is 5.14. The first kappa shape index (κ1) is 26.1. The summed E-state index contributed by atoms with van der Waals surface area (Å²) in [5.74, 6) is 1.27. The Kier molecular flexibility index (Phi) is 7.45. The maximum atomic E-state index is 9.89. The minimum Gasteiger partial charge on any atom is -0.456 e. The van der Waals surface area contributed by atoms with Crippen molar-refractivity contribution in [3.63, 3.8) is 0 Å². The van der Waals surface area contributed by atoms with Crippen molar-refractivity contribution in [2.45, 2.75) is 0 Å². The van der Waals surface area contributed by atoms with Crippen LogP contribution in [0.3, 0.4) is 0 Å². The molecule has 0 saturated heterocycles. The molecule has 0 heterocycles. The molecule has 0 fully saturated rings. The number of nitrogens with zero attached hydrogens (tertiary/aromatic N) is 3. The summed E-state index contributed by atoms with van der Waals surface area (Å²) in [6.45, 7) is 0. The van der Waals surface area contributed by atoms with Gasteiger partial charge in [0.2, 0.25) is 0 Å². The van der Waals surface area contributed by atoms with E-state index in [1.807, 2.05) is 97.1 Å². The van der Waals surface area contributed by atoms with E-state index in [2.05, 4.69) is 59.5 Å². The van der Waals surface area contributed by atoms with Crippen LogP contribution in [0.1, 0.15) is 11.1 Å². The summed E-state index contributed by atoms with van der Waals surface area (Å²) >= 11 is 0. The molecule has 4 heteroatoms. The van der Waals surface area contributed by atoms with E-state index in [1.54, 1.807) is 12.1 Å². The molecule has 4 nitrogen and oxygen atoms in total. The quantitative estimate of drug-likeness (QED) is 0.202. The van der Waals surface area contributed by atoms with E-state index >= 15 is 0 Å². The first-order valence-corrected chi connectivity index (χ1v) is 13.6. The molecule has 0 N–H and O–H groups in total. The fourth-order valence-corrected chi connectivity index (χ4v) is 5.14. The average molecular weight is 540 g/mol. The van der Waals surface area contributed by atoms with E-state index in [4.69, 9.17) is 4.74 Å². The molecular formula is C38H25N3O. The largest absolute Gasteiger partial charge is 0.456 e. The lowest BCUT2D eigenvalue weighted by atomic mass is 9.96. The second-order valence-corrected chi connectivity index (χ2v) is 9.57. The van der Waals surface area contributed by atoms with Gasteiger partial charge in [0.1, 0.15) is 23.6 Å². The Hall–Kier alpha value is -6.10. The van der Waals surface area contributed by atoms with Crippen LogP contribution in [0.25, 0.3) is 22.3 Å². The summed E-state index contributed by atoms with van der Waals surface area (Å²) in [7, 11) is 0. The number of rotatable bonds is 7. The minimum atomic E-state index is 0.330. The normalized spacial score (nSPS) is 10.3. The Morgan fingerprint density at radius 3 is 1.48 bits per heavy atom. The SMILES string of the molecule is N#Cc1cccc(-c2ccccc2Oc2ccccc2-c2ccccc2N(c2ccccc2)c2ccccc2)c1C#N. The molecule has 0 aromatic heterocycles. The monoisotopic (exact) mass is 539 g/mol. The van der Waals surface area contributed by atoms with Crippen LogP contribution in [-0.2, 0) is 0 Å². The first-order valence-electron chi connectivity index (χ1n) is 13.6. The summed E-state index contributed by atoms with van der Waals surface area (Å²) in [6, 6.07) is 54.1. The van der Waals surface area contributed by atoms with Gasteiger partial charge in [0.05, 0.1) is 16.8 Å². The van der Waals surface area contributed by atoms with Gasteiger partial charge in [0.25, 0.3) is 0 Å². The van der Waals surface area contributed by atoms with Crippen LogP contribution in [0.2, 0.25) is 0 Å². The number of hydrogen-bond donors (Lipinski definition) is 0. The molecule has 6 aromatic rings. The van der Waals surface area contributed by atoms with E-state index in [1.165, 1.54) is 0 Å². The lowest BCUT2D eigenvalue weighted by molar-refractivity contribution is 0.486. The van der Waals surface area contributed by atoms with Crippen LogP contribution >= 0.6 is 0 Å². The highest BCUT2D eigenvalue weighted by atomic mass is 16.5. The fraction of sp³-hybridized carbons (Fsp3) is 0. The topological polar surface area (TPSA) is 60.0 Å². The van der Waals surface area contributed by atoms with Gasteiger partial charge in [-0.1, -0.05) is 103 Å². The second kappa shape index (κ2) is 12.0. The molecule has 0 aliphatic heterocycles. The minimum absolute atomic E-state index is 0.330. The van der Waals surface area contributed by atoms with Crippen LogP contribution in [0.15, 0.2) is 152 Å². The van der Waals surface area contributed by atoms with E-state index in [9.17, 15) is 10.5 Å². The van der Waals surface area contributed by atoms with Gasteiger partial charge in [-0.2, -0.15) is 10.5 Å². The molecule has 0 radical (unpaired) electrons. The van der Waals surface area contributed by atoms with Crippen LogP contribution in [-0.4, -0.2) is 0 Å². The average Bonchev–Trinajstić information content (AvgIpc) is 3.06. The Bertz CT molecular complexity index is 1900. The molecule has 42 heavy (non-hydrogen) atoms. The van der Waals surface area contributed by atoms with Gasteiger partial charge in [0, 0.05) is 33.6 Å². The van der Waals surface area contributed by atoms with Crippen LogP contribution in [0.4, 0.5) is 17.1 Å². The number of benzene rings is 6. The Morgan fingerprint density at radius 2 is 0.905 bits per heavy atom. The number of para-hydroxylation sites is 5. The third kappa shape index (κ3) is 5.09. The molecule has 0 amide bonds. The third-order valence-electron chi connectivity index (χ3n) is 7.04. The predicted molar refractivity (Wildman–Crippen MR) is 168 cm³/mol. The molecule has 0 saturated carbocycles. The van der Waals surface area contributed by atoms with Crippen LogP contribution in [0, 0.1) is 22.7 Å². The maximum Gasteiger partial charge on any atom is 0.135 e. The van der Waals surface area contributed by atoms with Crippen molar-refractivity contribution < 1.29 is 4.74 Å². The summed E-state index contributed by atoms with van der Waals surface area (Å²) in [4.78, 5) is 2.24. The summed E-state index contributed by atoms with van der Waals surface area (Å²) < 4.78 is 6.66. The van der Waals surface area contributed by atoms with Crippen molar-refractivity contribution in [3.05, 3.63) is 163 Å². The van der Waals surface area contributed by atoms with Gasteiger partial charge in [-0.05, 0) is 48.5 Å². The van der Waals surface area contributed by atoms with Gasteiger partial charge in [-0.3, -0.25) is 0 Å². The van der Waals surface area contributed by atoms with Crippen molar-refractivity contribution >= 4 is 17.1 Å². The Labute approximate surface area is 245 Å². The summed E-state index contributed by atoms with van der Waals surface area (Å²) in [6.07, 6.45) is 0. The van der Waals surface area contributed by atoms with Gasteiger partial charge in [0.15, 0.2) is 0 Å². The van der Waals surface area contributed by atoms with E-state index in [0.29, 0.717) is 28.2 Å². The number of ether oxygens (including phenoxy) is 1. The van der Waals surface area contributed by atoms with Crippen molar-refractivity contribution in [2.75, 3.05) is 4.90 Å². The Balaban J connectivity index is 1.48. The maximum absolute atomic E-state index is 9.89. The third-order valence-corrected chi connectivity index (χ3v) is 7.04. The van der Waals surface area contributed by atoms with Crippen molar-refractivity contribution in [2.24, 2.45) is 0 Å². The highest BCUT2D eigenvalue weighted by Crippen LogP contribution is 2.45. The van der Waals surface area contributed by atoms with Crippen molar-refractivity contribution in [1.82, 2.24) is 0 Å². The zero-order chi connectivity index (χ0) is 28.7. The van der Waals surface area contributed by atoms with E-state index in [-0.39, 0.29) is 0 Å². The molecule has 0 spiro atoms. The van der Waals surface area contributed by atoms with Gasteiger partial charge >= 0.3 is 0 Å². The molecule has 0 aliphatic carbocycles. The van der Waals surface area contributed by atoms with Gasteiger partial charge in [-0.25, -0.2) is 0 Å². The zero-order valence-corrected chi connectivity index (χ0v) is 22.7. The summed E-state index contributed by atoms with van der Waals surface area (Å²) in [5, 5.41) is 19.5. The molecule has 6 rings (SSSR count). The number of hydrogen-bond acceptors (Lipinski definition) is 4. The lowest BCUT2D eigenvalue weighted by Gasteiger charge is -2.28. The molecule has 198 valence electrons. The number of nitriles is 2. The molecular weight excluding hydrogens is 514 g/mol. The smallest absolute Gasteiger partial charge is 0.135 e. The Morgan fingerprint density at radius 1 is 0.429 bits per heavy atom. The van der Waals surface area contributed by atoms with E-state index in [0.717, 1.165) is 33.8 Å².